The Hall–Kier alpha value is -3.81. The van der Waals surface area contributed by atoms with Crippen LogP contribution in [0.1, 0.15) is 40.3 Å². The van der Waals surface area contributed by atoms with E-state index in [2.05, 4.69) is 0 Å². The average molecular weight is 481 g/mol. The quantitative estimate of drug-likeness (QED) is 0.425. The number of halogens is 1. The van der Waals surface area contributed by atoms with Crippen molar-refractivity contribution < 1.29 is 27.9 Å². The number of benzene rings is 2. The molecule has 184 valence electrons. The molecule has 1 heterocycles. The van der Waals surface area contributed by atoms with Crippen LogP contribution in [0.5, 0.6) is 11.5 Å². The molecular weight excluding hydrogens is 451 g/mol. The van der Waals surface area contributed by atoms with Crippen LogP contribution >= 0.6 is 0 Å². The summed E-state index contributed by atoms with van der Waals surface area (Å²) in [4.78, 5) is 30.3. The average Bonchev–Trinajstić information content (AvgIpc) is 3.63. The van der Waals surface area contributed by atoms with Gasteiger partial charge in [0, 0.05) is 18.7 Å². The first-order valence-electron chi connectivity index (χ1n) is 11.5. The third-order valence-corrected chi connectivity index (χ3v) is 5.98. The van der Waals surface area contributed by atoms with E-state index < -0.39 is 0 Å². The Balaban J connectivity index is 1.56. The Morgan fingerprint density at radius 2 is 1.74 bits per heavy atom. The second kappa shape index (κ2) is 10.6. The number of nitrogens with zero attached hydrogens (tertiary/aromatic N) is 2. The normalized spacial score (nSPS) is 12.8. The summed E-state index contributed by atoms with van der Waals surface area (Å²) in [6.45, 7) is 2.25. The zero-order valence-corrected chi connectivity index (χ0v) is 20.1. The van der Waals surface area contributed by atoms with E-state index in [4.69, 9.17) is 13.9 Å². The minimum Gasteiger partial charge on any atom is -0.497 e. The maximum Gasteiger partial charge on any atom is 0.258 e. The first-order valence-corrected chi connectivity index (χ1v) is 11.5. The summed E-state index contributed by atoms with van der Waals surface area (Å²) in [5.41, 5.74) is 1.16. The fourth-order valence-electron chi connectivity index (χ4n) is 3.93. The maximum atomic E-state index is 13.5. The molecule has 0 radical (unpaired) electrons. The Morgan fingerprint density at radius 1 is 1.00 bits per heavy atom. The van der Waals surface area contributed by atoms with Crippen LogP contribution in [0.25, 0.3) is 0 Å². The summed E-state index contributed by atoms with van der Waals surface area (Å²) in [5.74, 6) is 1.52. The molecule has 0 N–H and O–H groups in total. The number of ether oxygens (including phenoxy) is 2. The van der Waals surface area contributed by atoms with E-state index >= 15 is 0 Å². The Bertz CT molecular complexity index is 1190. The van der Waals surface area contributed by atoms with E-state index in [1.165, 1.54) is 19.2 Å². The number of hydrogen-bond donors (Lipinski definition) is 0. The molecule has 8 heteroatoms. The van der Waals surface area contributed by atoms with Gasteiger partial charge in [-0.2, -0.15) is 0 Å². The molecular formula is C27H29FN2O5. The number of carbonyl (C=O) groups excluding carboxylic acids is 2. The van der Waals surface area contributed by atoms with Gasteiger partial charge < -0.3 is 23.7 Å². The summed E-state index contributed by atoms with van der Waals surface area (Å²) in [6.07, 6.45) is 1.68. The van der Waals surface area contributed by atoms with Gasteiger partial charge in [-0.3, -0.25) is 9.59 Å². The van der Waals surface area contributed by atoms with E-state index in [0.717, 1.165) is 24.2 Å². The summed E-state index contributed by atoms with van der Waals surface area (Å²) in [6, 6.07) is 14.7. The zero-order chi connectivity index (χ0) is 24.9. The molecule has 0 aliphatic heterocycles. The van der Waals surface area contributed by atoms with Gasteiger partial charge in [-0.25, -0.2) is 4.39 Å². The van der Waals surface area contributed by atoms with Crippen molar-refractivity contribution in [2.45, 2.75) is 38.9 Å². The van der Waals surface area contributed by atoms with Crippen molar-refractivity contribution in [3.63, 3.8) is 0 Å². The molecule has 3 aromatic rings. The number of rotatable bonds is 10. The van der Waals surface area contributed by atoms with Crippen LogP contribution in [-0.2, 0) is 17.9 Å². The van der Waals surface area contributed by atoms with Crippen molar-refractivity contribution in [3.8, 4) is 11.5 Å². The second-order valence-electron chi connectivity index (χ2n) is 8.62. The molecule has 1 aliphatic carbocycles. The lowest BCUT2D eigenvalue weighted by Crippen LogP contribution is -2.43. The topological polar surface area (TPSA) is 72.2 Å². The van der Waals surface area contributed by atoms with Crippen molar-refractivity contribution >= 4 is 11.8 Å². The van der Waals surface area contributed by atoms with Crippen molar-refractivity contribution in [2.24, 2.45) is 0 Å². The molecule has 1 saturated carbocycles. The lowest BCUT2D eigenvalue weighted by molar-refractivity contribution is -0.133. The molecule has 1 aliphatic rings. The number of aryl methyl sites for hydroxylation is 1. The third-order valence-electron chi connectivity index (χ3n) is 5.98. The van der Waals surface area contributed by atoms with E-state index in [-0.39, 0.29) is 43.3 Å². The Morgan fingerprint density at radius 3 is 2.34 bits per heavy atom. The molecule has 0 spiro atoms. The van der Waals surface area contributed by atoms with Gasteiger partial charge in [0.1, 0.15) is 35.4 Å². The maximum absolute atomic E-state index is 13.5. The molecule has 4 rings (SSSR count). The highest BCUT2D eigenvalue weighted by molar-refractivity contribution is 5.99. The minimum atomic E-state index is -0.341. The minimum absolute atomic E-state index is 0.00298. The van der Waals surface area contributed by atoms with E-state index in [0.29, 0.717) is 22.8 Å². The highest BCUT2D eigenvalue weighted by Gasteiger charge is 2.36. The van der Waals surface area contributed by atoms with E-state index in [1.54, 1.807) is 47.2 Å². The van der Waals surface area contributed by atoms with Gasteiger partial charge in [0.05, 0.1) is 26.3 Å². The summed E-state index contributed by atoms with van der Waals surface area (Å²) < 4.78 is 29.7. The van der Waals surface area contributed by atoms with Crippen LogP contribution in [0.4, 0.5) is 4.39 Å². The van der Waals surface area contributed by atoms with Crippen LogP contribution < -0.4 is 9.47 Å². The number of hydrogen-bond acceptors (Lipinski definition) is 5. The first-order chi connectivity index (χ1) is 16.9. The Labute approximate surface area is 204 Å². The van der Waals surface area contributed by atoms with Crippen molar-refractivity contribution in [1.29, 1.82) is 0 Å². The predicted molar refractivity (Wildman–Crippen MR) is 128 cm³/mol. The lowest BCUT2D eigenvalue weighted by Gasteiger charge is -2.28. The van der Waals surface area contributed by atoms with Crippen LogP contribution in [0, 0.1) is 12.7 Å². The van der Waals surface area contributed by atoms with Crippen molar-refractivity contribution in [2.75, 3.05) is 20.8 Å². The number of carbonyl (C=O) groups is 2. The van der Waals surface area contributed by atoms with Gasteiger partial charge in [0.25, 0.3) is 5.91 Å². The van der Waals surface area contributed by atoms with Gasteiger partial charge in [0.2, 0.25) is 5.91 Å². The SMILES string of the molecule is COc1ccc(C(=O)N(CC(=O)N(Cc2ccc(F)cc2)Cc2ccc(C)o2)C2CC2)c(OC)c1. The van der Waals surface area contributed by atoms with E-state index in [9.17, 15) is 14.0 Å². The molecule has 1 aromatic heterocycles. The molecule has 1 fully saturated rings. The molecule has 0 bridgehead atoms. The monoisotopic (exact) mass is 480 g/mol. The number of methoxy groups -OCH3 is 2. The molecule has 0 unspecified atom stereocenters. The second-order valence-corrected chi connectivity index (χ2v) is 8.62. The van der Waals surface area contributed by atoms with Crippen LogP contribution in [-0.4, -0.2) is 48.4 Å². The largest absolute Gasteiger partial charge is 0.497 e. The fourth-order valence-corrected chi connectivity index (χ4v) is 3.93. The van der Waals surface area contributed by atoms with Crippen LogP contribution in [0.15, 0.2) is 59.0 Å². The lowest BCUT2D eigenvalue weighted by atomic mass is 10.1. The van der Waals surface area contributed by atoms with Gasteiger partial charge in [-0.1, -0.05) is 12.1 Å². The van der Waals surface area contributed by atoms with Crippen LogP contribution in [0.3, 0.4) is 0 Å². The van der Waals surface area contributed by atoms with Crippen LogP contribution in [0.2, 0.25) is 0 Å². The number of amides is 2. The molecule has 2 amide bonds. The third kappa shape index (κ3) is 6.01. The van der Waals surface area contributed by atoms with Crippen molar-refractivity contribution in [3.05, 3.63) is 83.1 Å². The summed E-state index contributed by atoms with van der Waals surface area (Å²) in [7, 11) is 3.04. The summed E-state index contributed by atoms with van der Waals surface area (Å²) in [5, 5.41) is 0. The molecule has 0 atom stereocenters. The van der Waals surface area contributed by atoms with Gasteiger partial charge >= 0.3 is 0 Å². The molecule has 7 nitrogen and oxygen atoms in total. The Kier molecular flexibility index (Phi) is 7.39. The van der Waals surface area contributed by atoms with E-state index in [1.807, 2.05) is 19.1 Å². The fraction of sp³-hybridized carbons (Fsp3) is 0.333. The zero-order valence-electron chi connectivity index (χ0n) is 20.1. The van der Waals surface area contributed by atoms with Crippen molar-refractivity contribution in [1.82, 2.24) is 9.80 Å². The smallest absolute Gasteiger partial charge is 0.258 e. The van der Waals surface area contributed by atoms with Gasteiger partial charge in [-0.15, -0.1) is 0 Å². The first kappa shape index (κ1) is 24.3. The highest BCUT2D eigenvalue weighted by atomic mass is 19.1. The highest BCUT2D eigenvalue weighted by Crippen LogP contribution is 2.32. The molecule has 35 heavy (non-hydrogen) atoms. The molecule has 2 aromatic carbocycles. The number of furan rings is 1. The van der Waals surface area contributed by atoms with Gasteiger partial charge in [-0.05, 0) is 61.7 Å². The standard InChI is InChI=1S/C27H29FN2O5/c1-18-4-11-23(35-18)16-29(15-19-5-7-20(28)8-6-19)26(31)17-30(21-9-10-21)27(32)24-13-12-22(33-2)14-25(24)34-3/h4-8,11-14,21H,9-10,15-17H2,1-3H3. The summed E-state index contributed by atoms with van der Waals surface area (Å²) >= 11 is 0. The predicted octanol–water partition coefficient (Wildman–Crippen LogP) is 4.58. The molecule has 0 saturated heterocycles. The van der Waals surface area contributed by atoms with Gasteiger partial charge in [0.15, 0.2) is 0 Å².